The van der Waals surface area contributed by atoms with E-state index in [0.717, 1.165) is 11.1 Å². The molecule has 1 amide bonds. The van der Waals surface area contributed by atoms with Crippen LogP contribution in [0.15, 0.2) is 54.6 Å². The van der Waals surface area contributed by atoms with Gasteiger partial charge in [-0.05, 0) is 30.0 Å². The van der Waals surface area contributed by atoms with Gasteiger partial charge in [-0.3, -0.25) is 4.79 Å². The maximum atomic E-state index is 12.4. The number of carbonyl (C=O) groups is 2. The van der Waals surface area contributed by atoms with Crippen LogP contribution in [0.3, 0.4) is 0 Å². The zero-order valence-corrected chi connectivity index (χ0v) is 14.3. The molecule has 1 N–H and O–H groups in total. The van der Waals surface area contributed by atoms with Crippen molar-refractivity contribution >= 4 is 11.9 Å². The van der Waals surface area contributed by atoms with Crippen LogP contribution in [-0.2, 0) is 16.1 Å². The molecule has 0 spiro atoms. The summed E-state index contributed by atoms with van der Waals surface area (Å²) in [6.45, 7) is 5.83. The van der Waals surface area contributed by atoms with Gasteiger partial charge in [0.2, 0.25) is 0 Å². The number of amides is 1. The molecule has 24 heavy (non-hydrogen) atoms. The maximum absolute atomic E-state index is 12.4. The Morgan fingerprint density at radius 3 is 2.25 bits per heavy atom. The van der Waals surface area contributed by atoms with E-state index in [1.807, 2.05) is 63.2 Å². The molecule has 1 atom stereocenters. The molecule has 0 aliphatic rings. The fourth-order valence-electron chi connectivity index (χ4n) is 2.36. The lowest BCUT2D eigenvalue weighted by Crippen LogP contribution is -2.45. The van der Waals surface area contributed by atoms with Gasteiger partial charge in [-0.2, -0.15) is 0 Å². The third kappa shape index (κ3) is 4.69. The van der Waals surface area contributed by atoms with Crippen molar-refractivity contribution in [2.75, 3.05) is 0 Å². The molecule has 0 radical (unpaired) electrons. The molecule has 0 saturated carbocycles. The Morgan fingerprint density at radius 2 is 1.62 bits per heavy atom. The van der Waals surface area contributed by atoms with E-state index in [1.54, 1.807) is 12.1 Å². The molecule has 2 aromatic rings. The van der Waals surface area contributed by atoms with Gasteiger partial charge in [-0.1, -0.05) is 62.4 Å². The third-order valence-electron chi connectivity index (χ3n) is 3.82. The van der Waals surface area contributed by atoms with Gasteiger partial charge >= 0.3 is 5.97 Å². The Kier molecular flexibility index (Phi) is 6.13. The highest BCUT2D eigenvalue weighted by Crippen LogP contribution is 2.11. The molecule has 4 heteroatoms. The number of hydrogen-bond acceptors (Lipinski definition) is 3. The van der Waals surface area contributed by atoms with Crippen LogP contribution in [0.5, 0.6) is 0 Å². The lowest BCUT2D eigenvalue weighted by molar-refractivity contribution is -0.148. The van der Waals surface area contributed by atoms with E-state index >= 15 is 0 Å². The monoisotopic (exact) mass is 325 g/mol. The highest BCUT2D eigenvalue weighted by atomic mass is 16.5. The van der Waals surface area contributed by atoms with Gasteiger partial charge in [-0.25, -0.2) is 4.79 Å². The summed E-state index contributed by atoms with van der Waals surface area (Å²) in [6.07, 6.45) is 0. The summed E-state index contributed by atoms with van der Waals surface area (Å²) in [5.74, 6) is -0.750. The lowest BCUT2D eigenvalue weighted by Gasteiger charge is -2.21. The Labute approximate surface area is 142 Å². The van der Waals surface area contributed by atoms with Gasteiger partial charge in [0.15, 0.2) is 0 Å². The molecule has 0 bridgehead atoms. The first kappa shape index (κ1) is 17.7. The average Bonchev–Trinajstić information content (AvgIpc) is 2.58. The minimum atomic E-state index is -0.680. The van der Waals surface area contributed by atoms with Crippen LogP contribution in [0.25, 0.3) is 0 Å². The fourth-order valence-corrected chi connectivity index (χ4v) is 2.36. The highest BCUT2D eigenvalue weighted by Gasteiger charge is 2.26. The summed E-state index contributed by atoms with van der Waals surface area (Å²) in [6, 6.07) is 16.1. The van der Waals surface area contributed by atoms with Crippen LogP contribution in [0.1, 0.15) is 35.3 Å². The van der Waals surface area contributed by atoms with Crippen LogP contribution in [-0.4, -0.2) is 17.9 Å². The summed E-state index contributed by atoms with van der Waals surface area (Å²) in [4.78, 5) is 24.8. The molecule has 2 rings (SSSR count). The summed E-state index contributed by atoms with van der Waals surface area (Å²) in [7, 11) is 0. The van der Waals surface area contributed by atoms with E-state index in [9.17, 15) is 9.59 Å². The number of rotatable bonds is 6. The number of carbonyl (C=O) groups excluding carboxylic acids is 2. The average molecular weight is 325 g/mol. The lowest BCUT2D eigenvalue weighted by atomic mass is 10.0. The molecule has 4 nitrogen and oxygen atoms in total. The number of esters is 1. The van der Waals surface area contributed by atoms with Gasteiger partial charge in [0.05, 0.1) is 0 Å². The fraction of sp³-hybridized carbons (Fsp3) is 0.300. The van der Waals surface area contributed by atoms with Crippen molar-refractivity contribution in [2.45, 2.75) is 33.4 Å². The normalized spacial score (nSPS) is 11.8. The Morgan fingerprint density at radius 1 is 1.00 bits per heavy atom. The van der Waals surface area contributed by atoms with Crippen molar-refractivity contribution < 1.29 is 14.3 Å². The zero-order valence-electron chi connectivity index (χ0n) is 14.3. The van der Waals surface area contributed by atoms with E-state index in [1.165, 1.54) is 0 Å². The SMILES string of the molecule is Cc1ccccc1C(=O)NC(C(=O)OCc1ccccc1)C(C)C. The summed E-state index contributed by atoms with van der Waals surface area (Å²) in [5.41, 5.74) is 2.35. The Hall–Kier alpha value is -2.62. The molecular weight excluding hydrogens is 302 g/mol. The standard InChI is InChI=1S/C20H23NO3/c1-14(2)18(20(23)24-13-16-10-5-4-6-11-16)21-19(22)17-12-8-7-9-15(17)3/h4-12,14,18H,13H2,1-3H3,(H,21,22). The van der Waals surface area contributed by atoms with Crippen molar-refractivity contribution in [3.8, 4) is 0 Å². The molecule has 0 aromatic heterocycles. The van der Waals surface area contributed by atoms with Crippen LogP contribution >= 0.6 is 0 Å². The van der Waals surface area contributed by atoms with Gasteiger partial charge in [0.1, 0.15) is 12.6 Å². The number of aryl methyl sites for hydroxylation is 1. The molecule has 2 aromatic carbocycles. The summed E-state index contributed by atoms with van der Waals surface area (Å²) >= 11 is 0. The van der Waals surface area contributed by atoms with Gasteiger partial charge in [-0.15, -0.1) is 0 Å². The molecule has 126 valence electrons. The van der Waals surface area contributed by atoms with Crippen molar-refractivity contribution in [1.29, 1.82) is 0 Å². The van der Waals surface area contributed by atoms with E-state index in [0.29, 0.717) is 5.56 Å². The number of hydrogen-bond donors (Lipinski definition) is 1. The first-order valence-corrected chi connectivity index (χ1v) is 8.06. The van der Waals surface area contributed by atoms with E-state index < -0.39 is 12.0 Å². The second kappa shape index (κ2) is 8.29. The molecule has 0 fully saturated rings. The topological polar surface area (TPSA) is 55.4 Å². The molecule has 0 aliphatic heterocycles. The summed E-state index contributed by atoms with van der Waals surface area (Å²) in [5, 5.41) is 2.80. The van der Waals surface area contributed by atoms with Crippen molar-refractivity contribution in [2.24, 2.45) is 5.92 Å². The third-order valence-corrected chi connectivity index (χ3v) is 3.82. The first-order chi connectivity index (χ1) is 11.5. The zero-order chi connectivity index (χ0) is 17.5. The minimum absolute atomic E-state index is 0.0683. The van der Waals surface area contributed by atoms with Crippen molar-refractivity contribution in [3.05, 3.63) is 71.3 Å². The second-order valence-corrected chi connectivity index (χ2v) is 6.10. The quantitative estimate of drug-likeness (QED) is 0.827. The van der Waals surface area contributed by atoms with Crippen LogP contribution in [0.2, 0.25) is 0 Å². The van der Waals surface area contributed by atoms with E-state index in [-0.39, 0.29) is 18.4 Å². The number of nitrogens with one attached hydrogen (secondary N) is 1. The second-order valence-electron chi connectivity index (χ2n) is 6.10. The van der Waals surface area contributed by atoms with Gasteiger partial charge < -0.3 is 10.1 Å². The summed E-state index contributed by atoms with van der Waals surface area (Å²) < 4.78 is 5.36. The predicted molar refractivity (Wildman–Crippen MR) is 93.5 cm³/mol. The first-order valence-electron chi connectivity index (χ1n) is 8.06. The number of benzene rings is 2. The van der Waals surface area contributed by atoms with Crippen molar-refractivity contribution in [3.63, 3.8) is 0 Å². The smallest absolute Gasteiger partial charge is 0.329 e. The van der Waals surface area contributed by atoms with Crippen LogP contribution in [0.4, 0.5) is 0 Å². The van der Waals surface area contributed by atoms with Crippen LogP contribution < -0.4 is 5.32 Å². The Balaban J connectivity index is 2.02. The Bertz CT molecular complexity index is 695. The highest BCUT2D eigenvalue weighted by molar-refractivity contribution is 5.98. The van der Waals surface area contributed by atoms with Crippen molar-refractivity contribution in [1.82, 2.24) is 5.32 Å². The number of ether oxygens (including phenoxy) is 1. The van der Waals surface area contributed by atoms with E-state index in [4.69, 9.17) is 4.74 Å². The molecule has 0 heterocycles. The molecule has 0 saturated heterocycles. The molecular formula is C20H23NO3. The predicted octanol–water partition coefficient (Wildman–Crippen LogP) is 3.49. The van der Waals surface area contributed by atoms with E-state index in [2.05, 4.69) is 5.32 Å². The van der Waals surface area contributed by atoms with Gasteiger partial charge in [0.25, 0.3) is 5.91 Å². The minimum Gasteiger partial charge on any atom is -0.459 e. The van der Waals surface area contributed by atoms with Crippen LogP contribution in [0, 0.1) is 12.8 Å². The maximum Gasteiger partial charge on any atom is 0.329 e. The van der Waals surface area contributed by atoms with Gasteiger partial charge in [0, 0.05) is 5.56 Å². The molecule has 1 unspecified atom stereocenters. The largest absolute Gasteiger partial charge is 0.459 e. The molecule has 0 aliphatic carbocycles.